The number of aryl methyl sites for hydroxylation is 1. The first-order valence-corrected chi connectivity index (χ1v) is 15.2. The molecule has 0 saturated carbocycles. The summed E-state index contributed by atoms with van der Waals surface area (Å²) in [5.41, 5.74) is -2.15. The fourth-order valence-electron chi connectivity index (χ4n) is 5.41. The molecule has 1 saturated heterocycles. The lowest BCUT2D eigenvalue weighted by Crippen LogP contribution is -2.55. The number of phenolic OH excluding ortho intramolecular Hbond substituents is 1. The lowest BCUT2D eigenvalue weighted by atomic mass is 10.1. The van der Waals surface area contributed by atoms with Crippen molar-refractivity contribution in [2.45, 2.75) is 24.3 Å². The highest BCUT2D eigenvalue weighted by Gasteiger charge is 2.33. The van der Waals surface area contributed by atoms with Crippen LogP contribution in [0.25, 0.3) is 28.0 Å². The minimum Gasteiger partial charge on any atom is -0.507 e. The second-order valence-corrected chi connectivity index (χ2v) is 12.3. The third-order valence-electron chi connectivity index (χ3n) is 7.42. The van der Waals surface area contributed by atoms with E-state index in [9.17, 15) is 32.8 Å². The summed E-state index contributed by atoms with van der Waals surface area (Å²) in [6.45, 7) is 5.43. The molecule has 44 heavy (non-hydrogen) atoms. The highest BCUT2D eigenvalue weighted by atomic mass is 32.2. The van der Waals surface area contributed by atoms with Crippen molar-refractivity contribution in [3.63, 3.8) is 0 Å². The van der Waals surface area contributed by atoms with Crippen molar-refractivity contribution in [2.75, 3.05) is 30.8 Å². The second-order valence-electron chi connectivity index (χ2n) is 10.3. The van der Waals surface area contributed by atoms with Gasteiger partial charge in [0.25, 0.3) is 0 Å². The molecule has 1 amide bonds. The van der Waals surface area contributed by atoms with Crippen molar-refractivity contribution >= 4 is 32.6 Å². The van der Waals surface area contributed by atoms with Gasteiger partial charge in [-0.05, 0) is 42.8 Å². The molecule has 4 aromatic rings. The van der Waals surface area contributed by atoms with Crippen molar-refractivity contribution in [1.29, 1.82) is 5.26 Å². The molecule has 1 fully saturated rings. The molecule has 1 atom stereocenters. The van der Waals surface area contributed by atoms with E-state index in [0.717, 1.165) is 35.1 Å². The molecule has 3 heterocycles. The van der Waals surface area contributed by atoms with Crippen LogP contribution < -0.4 is 10.6 Å². The van der Waals surface area contributed by atoms with Crippen molar-refractivity contribution < 1.29 is 27.1 Å². The molecule has 2 aromatic heterocycles. The molecule has 0 aliphatic carbocycles. The van der Waals surface area contributed by atoms with Crippen LogP contribution in [0, 0.1) is 29.9 Å². The molecule has 5 rings (SSSR count). The molecule has 1 N–H and O–H groups in total. The first-order valence-electron chi connectivity index (χ1n) is 13.3. The van der Waals surface area contributed by atoms with Gasteiger partial charge in [-0.1, -0.05) is 24.8 Å². The van der Waals surface area contributed by atoms with E-state index < -0.39 is 50.2 Å². The molecule has 14 heteroatoms. The van der Waals surface area contributed by atoms with Crippen molar-refractivity contribution in [3.05, 3.63) is 82.8 Å². The fraction of sp³-hybridized carbons (Fsp3) is 0.233. The number of halogens is 2. The Labute approximate surface area is 250 Å². The molecule has 0 spiro atoms. The van der Waals surface area contributed by atoms with Crippen LogP contribution in [-0.2, 0) is 14.6 Å². The molecular weight excluding hydrogens is 594 g/mol. The van der Waals surface area contributed by atoms with E-state index in [1.807, 2.05) is 0 Å². The number of piperazine rings is 1. The van der Waals surface area contributed by atoms with Crippen LogP contribution in [0.1, 0.15) is 12.0 Å². The Morgan fingerprint density at radius 2 is 1.91 bits per heavy atom. The zero-order chi connectivity index (χ0) is 31.9. The van der Waals surface area contributed by atoms with Crippen LogP contribution in [0.5, 0.6) is 5.75 Å². The number of pyridine rings is 1. The number of amides is 1. The Hall–Kier alpha value is -5.16. The lowest BCUT2D eigenvalue weighted by Gasteiger charge is -2.41. The van der Waals surface area contributed by atoms with Gasteiger partial charge in [0.05, 0.1) is 40.1 Å². The van der Waals surface area contributed by atoms with Crippen LogP contribution in [-0.4, -0.2) is 70.8 Å². The number of anilines is 1. The van der Waals surface area contributed by atoms with Gasteiger partial charge in [-0.15, -0.1) is 0 Å². The summed E-state index contributed by atoms with van der Waals surface area (Å²) in [5, 5.41) is 19.9. The number of rotatable bonds is 6. The summed E-state index contributed by atoms with van der Waals surface area (Å²) < 4.78 is 57.4. The number of carbonyl (C=O) groups excluding carboxylic acids is 1. The van der Waals surface area contributed by atoms with Gasteiger partial charge >= 0.3 is 5.69 Å². The van der Waals surface area contributed by atoms with Gasteiger partial charge in [-0.25, -0.2) is 31.5 Å². The minimum absolute atomic E-state index is 0.0455. The zero-order valence-electron chi connectivity index (χ0n) is 23.7. The predicted octanol–water partition coefficient (Wildman–Crippen LogP) is 3.26. The maximum atomic E-state index is 15.9. The van der Waals surface area contributed by atoms with Gasteiger partial charge in [-0.2, -0.15) is 10.2 Å². The SMILES string of the molecule is C=CC(=O)N1CCN(c2nc(=O)n(-c3c(C)cccc3S(C)(=O)=O)c3nc(-c4c(O)cccc4F)c(F)cc23)[C@@H](CC#N)C1. The molecule has 1 aliphatic rings. The highest BCUT2D eigenvalue weighted by molar-refractivity contribution is 7.90. The second kappa shape index (κ2) is 11.5. The van der Waals surface area contributed by atoms with Crippen LogP contribution in [0.3, 0.4) is 0 Å². The Morgan fingerprint density at radius 3 is 2.57 bits per heavy atom. The van der Waals surface area contributed by atoms with Gasteiger partial charge < -0.3 is 14.9 Å². The lowest BCUT2D eigenvalue weighted by molar-refractivity contribution is -0.126. The Morgan fingerprint density at radius 1 is 1.18 bits per heavy atom. The first-order chi connectivity index (χ1) is 20.9. The largest absolute Gasteiger partial charge is 0.507 e. The average molecular weight is 621 g/mol. The number of aromatic nitrogens is 3. The number of benzene rings is 2. The average Bonchev–Trinajstić information content (AvgIpc) is 2.97. The molecule has 0 radical (unpaired) electrons. The van der Waals surface area contributed by atoms with E-state index >= 15 is 4.39 Å². The van der Waals surface area contributed by atoms with E-state index in [1.165, 1.54) is 23.1 Å². The van der Waals surface area contributed by atoms with Crippen molar-refractivity contribution in [3.8, 4) is 28.8 Å². The van der Waals surface area contributed by atoms with E-state index in [1.54, 1.807) is 17.9 Å². The van der Waals surface area contributed by atoms with Crippen LogP contribution in [0.4, 0.5) is 14.6 Å². The van der Waals surface area contributed by atoms with Gasteiger partial charge in [0.1, 0.15) is 23.1 Å². The zero-order valence-corrected chi connectivity index (χ0v) is 24.5. The van der Waals surface area contributed by atoms with Crippen molar-refractivity contribution in [1.82, 2.24) is 19.4 Å². The number of hydrogen-bond donors (Lipinski definition) is 1. The van der Waals surface area contributed by atoms with Gasteiger partial charge in [-0.3, -0.25) is 4.79 Å². The number of nitriles is 1. The molecule has 0 bridgehead atoms. The van der Waals surface area contributed by atoms with Gasteiger partial charge in [0.15, 0.2) is 21.3 Å². The van der Waals surface area contributed by atoms with E-state index in [4.69, 9.17) is 0 Å². The number of carbonyl (C=O) groups is 1. The molecule has 11 nitrogen and oxygen atoms in total. The van der Waals surface area contributed by atoms with E-state index in [0.29, 0.717) is 5.56 Å². The number of sulfone groups is 1. The summed E-state index contributed by atoms with van der Waals surface area (Å²) in [5.74, 6) is -3.06. The maximum Gasteiger partial charge on any atom is 0.355 e. The van der Waals surface area contributed by atoms with Crippen LogP contribution in [0.2, 0.25) is 0 Å². The first kappa shape index (κ1) is 30.3. The van der Waals surface area contributed by atoms with Crippen LogP contribution >= 0.6 is 0 Å². The molecule has 0 unspecified atom stereocenters. The highest BCUT2D eigenvalue weighted by Crippen LogP contribution is 2.37. The number of hydrogen-bond acceptors (Lipinski definition) is 9. The monoisotopic (exact) mass is 620 g/mol. The normalized spacial score (nSPS) is 15.3. The van der Waals surface area contributed by atoms with Crippen LogP contribution in [0.15, 0.2) is 64.8 Å². The van der Waals surface area contributed by atoms with E-state index in [-0.39, 0.29) is 59.4 Å². The Bertz CT molecular complexity index is 2040. The summed E-state index contributed by atoms with van der Waals surface area (Å²) in [6.07, 6.45) is 2.03. The predicted molar refractivity (Wildman–Crippen MR) is 158 cm³/mol. The number of nitrogens with zero attached hydrogens (tertiary/aromatic N) is 6. The third kappa shape index (κ3) is 5.26. The van der Waals surface area contributed by atoms with Crippen molar-refractivity contribution in [2.24, 2.45) is 0 Å². The number of phenols is 1. The third-order valence-corrected chi connectivity index (χ3v) is 8.55. The number of fused-ring (bicyclic) bond motifs is 1. The van der Waals surface area contributed by atoms with Gasteiger partial charge in [0, 0.05) is 25.9 Å². The summed E-state index contributed by atoms with van der Waals surface area (Å²) in [4.78, 5) is 37.7. The number of aromatic hydroxyl groups is 1. The topological polar surface area (TPSA) is 149 Å². The quantitative estimate of drug-likeness (QED) is 0.321. The fourth-order valence-corrected chi connectivity index (χ4v) is 6.34. The summed E-state index contributed by atoms with van der Waals surface area (Å²) >= 11 is 0. The smallest absolute Gasteiger partial charge is 0.355 e. The Kier molecular flexibility index (Phi) is 7.92. The van der Waals surface area contributed by atoms with E-state index in [2.05, 4.69) is 22.6 Å². The molecule has 226 valence electrons. The Balaban J connectivity index is 1.88. The summed E-state index contributed by atoms with van der Waals surface area (Å²) in [6, 6.07) is 10.1. The molecule has 2 aromatic carbocycles. The minimum atomic E-state index is -3.92. The molecule has 1 aliphatic heterocycles. The standard InChI is InChI=1S/C30H26F2N6O5S/c1-4-24(40)36-13-14-37(18(16-36)11-12-33)28-19-15-21(32)26(25-20(31)8-6-9-22(25)39)34-29(19)38(30(41)35-28)27-17(2)7-5-10-23(27)44(3,42)43/h4-10,15,18,39H,1,11,13-14,16H2,2-3H3/t18-/m0/s1. The van der Waals surface area contributed by atoms with Gasteiger partial charge in [0.2, 0.25) is 5.91 Å². The maximum absolute atomic E-state index is 15.9. The summed E-state index contributed by atoms with van der Waals surface area (Å²) in [7, 11) is -3.92. The molecular formula is C30H26F2N6O5S. The number of para-hydroxylation sites is 1.